The number of ether oxygens (including phenoxy) is 3. The number of morpholine rings is 1. The fourth-order valence-electron chi connectivity index (χ4n) is 3.37. The van der Waals surface area contributed by atoms with Gasteiger partial charge in [-0.05, 0) is 25.7 Å². The standard InChI is InChI=1S/C14H23NO4/c16-13(12-10-15-4-8-18-12)11-1-5-19-14(9-11)2-6-17-7-3-14/h11-12,15H,1-10H2. The molecule has 0 amide bonds. The Kier molecular flexibility index (Phi) is 4.17. The molecule has 0 aromatic rings. The third-order valence-corrected chi connectivity index (χ3v) is 4.54. The first-order valence-corrected chi connectivity index (χ1v) is 7.37. The van der Waals surface area contributed by atoms with Crippen LogP contribution in [0.5, 0.6) is 0 Å². The Hall–Kier alpha value is -0.490. The van der Waals surface area contributed by atoms with Crippen LogP contribution in [0.4, 0.5) is 0 Å². The van der Waals surface area contributed by atoms with Crippen molar-refractivity contribution in [1.82, 2.24) is 5.32 Å². The molecule has 3 fully saturated rings. The van der Waals surface area contributed by atoms with Crippen LogP contribution in [0.3, 0.4) is 0 Å². The molecule has 5 heteroatoms. The van der Waals surface area contributed by atoms with E-state index in [1.54, 1.807) is 0 Å². The van der Waals surface area contributed by atoms with E-state index in [0.717, 1.165) is 45.4 Å². The number of Topliss-reactive ketones (excluding diaryl/α,β-unsaturated/α-hetero) is 1. The lowest BCUT2D eigenvalue weighted by Crippen LogP contribution is -2.50. The van der Waals surface area contributed by atoms with Gasteiger partial charge in [-0.2, -0.15) is 0 Å². The van der Waals surface area contributed by atoms with Gasteiger partial charge in [-0.25, -0.2) is 0 Å². The van der Waals surface area contributed by atoms with Crippen molar-refractivity contribution < 1.29 is 19.0 Å². The summed E-state index contributed by atoms with van der Waals surface area (Å²) in [6.45, 7) is 4.34. The van der Waals surface area contributed by atoms with Gasteiger partial charge in [-0.3, -0.25) is 4.79 Å². The maximum Gasteiger partial charge on any atom is 0.166 e. The van der Waals surface area contributed by atoms with Crippen molar-refractivity contribution in [2.24, 2.45) is 5.92 Å². The van der Waals surface area contributed by atoms with Crippen LogP contribution in [0.15, 0.2) is 0 Å². The maximum absolute atomic E-state index is 12.5. The van der Waals surface area contributed by atoms with E-state index in [2.05, 4.69) is 5.32 Å². The highest BCUT2D eigenvalue weighted by Crippen LogP contribution is 2.37. The summed E-state index contributed by atoms with van der Waals surface area (Å²) < 4.78 is 17.0. The summed E-state index contributed by atoms with van der Waals surface area (Å²) in [4.78, 5) is 12.5. The normalized spacial score (nSPS) is 35.2. The lowest BCUT2D eigenvalue weighted by molar-refractivity contribution is -0.163. The van der Waals surface area contributed by atoms with E-state index < -0.39 is 0 Å². The SMILES string of the molecule is O=C(C1CCOC2(CCOCC2)C1)C1CNCCO1. The van der Waals surface area contributed by atoms with Crippen LogP contribution in [0.2, 0.25) is 0 Å². The summed E-state index contributed by atoms with van der Waals surface area (Å²) in [5.41, 5.74) is -0.112. The third-order valence-electron chi connectivity index (χ3n) is 4.54. The van der Waals surface area contributed by atoms with Gasteiger partial charge in [0.2, 0.25) is 0 Å². The van der Waals surface area contributed by atoms with Crippen LogP contribution in [-0.4, -0.2) is 57.0 Å². The predicted molar refractivity (Wildman–Crippen MR) is 69.1 cm³/mol. The molecule has 3 heterocycles. The van der Waals surface area contributed by atoms with E-state index in [1.165, 1.54) is 0 Å². The summed E-state index contributed by atoms with van der Waals surface area (Å²) >= 11 is 0. The molecule has 1 spiro atoms. The van der Waals surface area contributed by atoms with Crippen molar-refractivity contribution in [3.63, 3.8) is 0 Å². The molecule has 3 aliphatic rings. The Bertz CT molecular complexity index is 316. The largest absolute Gasteiger partial charge is 0.381 e. The highest BCUT2D eigenvalue weighted by atomic mass is 16.5. The van der Waals surface area contributed by atoms with Gasteiger partial charge in [0, 0.05) is 38.8 Å². The summed E-state index contributed by atoms with van der Waals surface area (Å²) in [6.07, 6.45) is 3.26. The molecule has 3 aliphatic heterocycles. The molecule has 0 bridgehead atoms. The first-order chi connectivity index (χ1) is 9.29. The Morgan fingerprint density at radius 1 is 1.16 bits per heavy atom. The van der Waals surface area contributed by atoms with E-state index in [9.17, 15) is 4.79 Å². The lowest BCUT2D eigenvalue weighted by atomic mass is 9.78. The molecule has 3 rings (SSSR count). The van der Waals surface area contributed by atoms with Crippen LogP contribution in [0, 0.1) is 5.92 Å². The number of ketones is 1. The molecule has 0 saturated carbocycles. The highest BCUT2D eigenvalue weighted by molar-refractivity contribution is 5.86. The fraction of sp³-hybridized carbons (Fsp3) is 0.929. The number of rotatable bonds is 2. The number of nitrogens with one attached hydrogen (secondary N) is 1. The molecule has 1 N–H and O–H groups in total. The summed E-state index contributed by atoms with van der Waals surface area (Å²) in [5.74, 6) is 0.359. The third kappa shape index (κ3) is 2.99. The zero-order chi connectivity index (χ0) is 13.1. The van der Waals surface area contributed by atoms with Crippen LogP contribution in [0.1, 0.15) is 25.7 Å². The zero-order valence-corrected chi connectivity index (χ0v) is 11.4. The topological polar surface area (TPSA) is 56.8 Å². The minimum absolute atomic E-state index is 0.0942. The minimum Gasteiger partial charge on any atom is -0.381 e. The van der Waals surface area contributed by atoms with Gasteiger partial charge in [-0.15, -0.1) is 0 Å². The number of hydrogen-bond donors (Lipinski definition) is 1. The molecule has 0 aromatic carbocycles. The van der Waals surface area contributed by atoms with Gasteiger partial charge in [0.1, 0.15) is 6.10 Å². The molecule has 0 aromatic heterocycles. The van der Waals surface area contributed by atoms with Crippen LogP contribution in [-0.2, 0) is 19.0 Å². The van der Waals surface area contributed by atoms with Gasteiger partial charge in [0.15, 0.2) is 5.78 Å². The molecule has 0 aliphatic carbocycles. The van der Waals surface area contributed by atoms with E-state index in [0.29, 0.717) is 19.8 Å². The van der Waals surface area contributed by atoms with Crippen molar-refractivity contribution in [3.8, 4) is 0 Å². The highest BCUT2D eigenvalue weighted by Gasteiger charge is 2.42. The smallest absolute Gasteiger partial charge is 0.166 e. The van der Waals surface area contributed by atoms with E-state index in [4.69, 9.17) is 14.2 Å². The van der Waals surface area contributed by atoms with Crippen molar-refractivity contribution in [1.29, 1.82) is 0 Å². The molecule has 2 unspecified atom stereocenters. The van der Waals surface area contributed by atoms with Crippen LogP contribution in [0.25, 0.3) is 0 Å². The van der Waals surface area contributed by atoms with Crippen molar-refractivity contribution in [2.45, 2.75) is 37.4 Å². The number of hydrogen-bond acceptors (Lipinski definition) is 5. The quantitative estimate of drug-likeness (QED) is 0.792. The Morgan fingerprint density at radius 2 is 2.00 bits per heavy atom. The van der Waals surface area contributed by atoms with Gasteiger partial charge >= 0.3 is 0 Å². The lowest BCUT2D eigenvalue weighted by Gasteiger charge is -2.43. The second-order valence-electron chi connectivity index (χ2n) is 5.80. The maximum atomic E-state index is 12.5. The fourth-order valence-corrected chi connectivity index (χ4v) is 3.37. The molecule has 108 valence electrons. The summed E-state index contributed by atoms with van der Waals surface area (Å²) in [7, 11) is 0. The van der Waals surface area contributed by atoms with E-state index in [-0.39, 0.29) is 23.4 Å². The van der Waals surface area contributed by atoms with Crippen LogP contribution < -0.4 is 5.32 Å². The minimum atomic E-state index is -0.256. The van der Waals surface area contributed by atoms with Gasteiger partial charge < -0.3 is 19.5 Å². The molecule has 0 radical (unpaired) electrons. The van der Waals surface area contributed by atoms with Crippen molar-refractivity contribution >= 4 is 5.78 Å². The average molecular weight is 269 g/mol. The Morgan fingerprint density at radius 3 is 2.74 bits per heavy atom. The van der Waals surface area contributed by atoms with Crippen molar-refractivity contribution in [2.75, 3.05) is 39.5 Å². The predicted octanol–water partition coefficient (Wildman–Crippen LogP) is 0.520. The van der Waals surface area contributed by atoms with Gasteiger partial charge in [-0.1, -0.05) is 0 Å². The molecule has 2 atom stereocenters. The van der Waals surface area contributed by atoms with Crippen molar-refractivity contribution in [3.05, 3.63) is 0 Å². The molecule has 19 heavy (non-hydrogen) atoms. The molecule has 3 saturated heterocycles. The average Bonchev–Trinajstić information content (AvgIpc) is 2.48. The molecular formula is C14H23NO4. The zero-order valence-electron chi connectivity index (χ0n) is 11.4. The molecular weight excluding hydrogens is 246 g/mol. The number of carbonyl (C=O) groups excluding carboxylic acids is 1. The first kappa shape index (κ1) is 13.5. The van der Waals surface area contributed by atoms with E-state index in [1.807, 2.05) is 0 Å². The Labute approximate surface area is 114 Å². The second-order valence-corrected chi connectivity index (χ2v) is 5.80. The number of carbonyl (C=O) groups is 1. The second kappa shape index (κ2) is 5.87. The monoisotopic (exact) mass is 269 g/mol. The van der Waals surface area contributed by atoms with Gasteiger partial charge in [0.05, 0.1) is 12.2 Å². The molecule has 5 nitrogen and oxygen atoms in total. The summed E-state index contributed by atoms with van der Waals surface area (Å²) in [6, 6.07) is 0. The van der Waals surface area contributed by atoms with E-state index >= 15 is 0 Å². The Balaban J connectivity index is 1.62. The van der Waals surface area contributed by atoms with Crippen LogP contribution >= 0.6 is 0 Å². The summed E-state index contributed by atoms with van der Waals surface area (Å²) in [5, 5.41) is 3.23. The van der Waals surface area contributed by atoms with Gasteiger partial charge in [0.25, 0.3) is 0 Å². The first-order valence-electron chi connectivity index (χ1n) is 7.37.